The quantitative estimate of drug-likeness (QED) is 0.616. The van der Waals surface area contributed by atoms with Crippen molar-refractivity contribution in [1.29, 1.82) is 0 Å². The molecule has 0 aliphatic rings. The maximum absolute atomic E-state index is 2.23. The van der Waals surface area contributed by atoms with E-state index in [-0.39, 0.29) is 6.15 Å². The van der Waals surface area contributed by atoms with Crippen LogP contribution in [0.15, 0.2) is 17.5 Å². The number of thiophene rings is 1. The zero-order valence-electron chi connectivity index (χ0n) is 6.85. The average molecular weight is 157 g/mol. The minimum atomic E-state index is 0. The van der Waals surface area contributed by atoms with Crippen LogP contribution in [-0.4, -0.2) is 0 Å². The van der Waals surface area contributed by atoms with Crippen LogP contribution in [0.3, 0.4) is 0 Å². The molecule has 1 nitrogen and oxygen atoms in total. The van der Waals surface area contributed by atoms with Gasteiger partial charge in [-0.1, -0.05) is 26.8 Å². The van der Waals surface area contributed by atoms with Crippen molar-refractivity contribution in [2.45, 2.75) is 26.2 Å². The molecule has 58 valence electrons. The molecule has 0 saturated heterocycles. The van der Waals surface area contributed by atoms with Gasteiger partial charge in [-0.05, 0) is 16.9 Å². The maximum atomic E-state index is 2.23. The van der Waals surface area contributed by atoms with Crippen LogP contribution in [0, 0.1) is 0 Å². The van der Waals surface area contributed by atoms with Crippen LogP contribution < -0.4 is 6.15 Å². The van der Waals surface area contributed by atoms with E-state index in [0.717, 1.165) is 0 Å². The smallest absolute Gasteiger partial charge is 0.00987 e. The summed E-state index contributed by atoms with van der Waals surface area (Å²) in [6, 6.07) is 4.29. The second-order valence-corrected chi connectivity index (χ2v) is 4.17. The minimum absolute atomic E-state index is 0. The molecule has 2 heteroatoms. The molecule has 0 aliphatic carbocycles. The summed E-state index contributed by atoms with van der Waals surface area (Å²) in [5.74, 6) is 0. The molecule has 0 amide bonds. The highest BCUT2D eigenvalue weighted by Gasteiger charge is 2.13. The first-order valence-corrected chi connectivity index (χ1v) is 4.02. The largest absolute Gasteiger partial charge is 0.344 e. The van der Waals surface area contributed by atoms with Crippen molar-refractivity contribution < 1.29 is 0 Å². The lowest BCUT2D eigenvalue weighted by atomic mass is 9.95. The van der Waals surface area contributed by atoms with Gasteiger partial charge < -0.3 is 6.15 Å². The molecule has 1 rings (SSSR count). The van der Waals surface area contributed by atoms with E-state index in [4.69, 9.17) is 0 Å². The Morgan fingerprint density at radius 3 is 2.10 bits per heavy atom. The monoisotopic (exact) mass is 157 g/mol. The van der Waals surface area contributed by atoms with Crippen molar-refractivity contribution in [2.75, 3.05) is 0 Å². The molecule has 0 aromatic carbocycles. The van der Waals surface area contributed by atoms with Crippen molar-refractivity contribution >= 4 is 11.3 Å². The van der Waals surface area contributed by atoms with Crippen molar-refractivity contribution in [3.63, 3.8) is 0 Å². The SMILES string of the molecule is CC(C)(C)c1cccs1.N. The van der Waals surface area contributed by atoms with Crippen molar-refractivity contribution in [1.82, 2.24) is 6.15 Å². The van der Waals surface area contributed by atoms with Crippen LogP contribution in [0.25, 0.3) is 0 Å². The molecule has 0 fully saturated rings. The first kappa shape index (κ1) is 9.66. The Morgan fingerprint density at radius 1 is 1.30 bits per heavy atom. The third-order valence-corrected chi connectivity index (χ3v) is 2.56. The summed E-state index contributed by atoms with van der Waals surface area (Å²) in [4.78, 5) is 1.46. The van der Waals surface area contributed by atoms with E-state index in [9.17, 15) is 0 Å². The third-order valence-electron chi connectivity index (χ3n) is 1.26. The van der Waals surface area contributed by atoms with Crippen molar-refractivity contribution in [3.8, 4) is 0 Å². The van der Waals surface area contributed by atoms with Crippen LogP contribution in [0.4, 0.5) is 0 Å². The minimum Gasteiger partial charge on any atom is -0.344 e. The van der Waals surface area contributed by atoms with Crippen LogP contribution in [-0.2, 0) is 5.41 Å². The second kappa shape index (κ2) is 3.17. The first-order chi connectivity index (χ1) is 4.11. The van der Waals surface area contributed by atoms with Gasteiger partial charge in [0.2, 0.25) is 0 Å². The van der Waals surface area contributed by atoms with Crippen molar-refractivity contribution in [3.05, 3.63) is 22.4 Å². The molecule has 1 aromatic heterocycles. The molecule has 0 aliphatic heterocycles. The molecule has 10 heavy (non-hydrogen) atoms. The lowest BCUT2D eigenvalue weighted by Gasteiger charge is -2.14. The Kier molecular flexibility index (Phi) is 3.06. The van der Waals surface area contributed by atoms with E-state index < -0.39 is 0 Å². The van der Waals surface area contributed by atoms with E-state index >= 15 is 0 Å². The van der Waals surface area contributed by atoms with Gasteiger partial charge >= 0.3 is 0 Å². The summed E-state index contributed by atoms with van der Waals surface area (Å²) < 4.78 is 0. The molecule has 0 atom stereocenters. The average Bonchev–Trinajstić information content (AvgIpc) is 2.08. The zero-order chi connectivity index (χ0) is 6.91. The third kappa shape index (κ3) is 2.12. The maximum Gasteiger partial charge on any atom is 0.00987 e. The fourth-order valence-electron chi connectivity index (χ4n) is 0.705. The summed E-state index contributed by atoms with van der Waals surface area (Å²) >= 11 is 1.83. The van der Waals surface area contributed by atoms with E-state index in [0.29, 0.717) is 5.41 Å². The lowest BCUT2D eigenvalue weighted by Crippen LogP contribution is -2.07. The molecule has 0 unspecified atom stereocenters. The van der Waals surface area contributed by atoms with Gasteiger partial charge in [-0.15, -0.1) is 11.3 Å². The van der Waals surface area contributed by atoms with Gasteiger partial charge in [0.15, 0.2) is 0 Å². The first-order valence-electron chi connectivity index (χ1n) is 3.15. The Labute approximate surface area is 66.7 Å². The normalized spacial score (nSPS) is 10.7. The number of rotatable bonds is 0. The van der Waals surface area contributed by atoms with Crippen LogP contribution in [0.1, 0.15) is 25.6 Å². The number of hydrogen-bond donors (Lipinski definition) is 1. The Morgan fingerprint density at radius 2 is 1.90 bits per heavy atom. The van der Waals surface area contributed by atoms with Gasteiger partial charge in [-0.2, -0.15) is 0 Å². The molecule has 0 bridgehead atoms. The standard InChI is InChI=1S/C8H12S.H3N/c1-8(2,3)7-5-4-6-9-7;/h4-6H,1-3H3;1H3. The highest BCUT2D eigenvalue weighted by atomic mass is 32.1. The Hall–Kier alpha value is -0.340. The summed E-state index contributed by atoms with van der Waals surface area (Å²) in [6.07, 6.45) is 0. The number of hydrogen-bond acceptors (Lipinski definition) is 2. The second-order valence-electron chi connectivity index (χ2n) is 3.23. The van der Waals surface area contributed by atoms with E-state index in [1.807, 2.05) is 11.3 Å². The molecular weight excluding hydrogens is 142 g/mol. The molecular formula is C8H15NS. The zero-order valence-corrected chi connectivity index (χ0v) is 7.66. The summed E-state index contributed by atoms with van der Waals surface area (Å²) in [6.45, 7) is 6.70. The summed E-state index contributed by atoms with van der Waals surface area (Å²) in [5.41, 5.74) is 0.341. The van der Waals surface area contributed by atoms with E-state index in [1.54, 1.807) is 0 Å². The highest BCUT2D eigenvalue weighted by Crippen LogP contribution is 2.25. The van der Waals surface area contributed by atoms with Gasteiger partial charge in [0.05, 0.1) is 0 Å². The fourth-order valence-corrected chi connectivity index (χ4v) is 1.52. The van der Waals surface area contributed by atoms with Crippen LogP contribution >= 0.6 is 11.3 Å². The molecule has 1 heterocycles. The molecule has 0 saturated carbocycles. The summed E-state index contributed by atoms with van der Waals surface area (Å²) in [5, 5.41) is 2.13. The molecule has 3 N–H and O–H groups in total. The van der Waals surface area contributed by atoms with E-state index in [2.05, 4.69) is 38.3 Å². The predicted octanol–water partition coefficient (Wildman–Crippen LogP) is 3.21. The molecule has 0 spiro atoms. The fraction of sp³-hybridized carbons (Fsp3) is 0.500. The molecule has 0 radical (unpaired) electrons. The van der Waals surface area contributed by atoms with Crippen LogP contribution in [0.5, 0.6) is 0 Å². The topological polar surface area (TPSA) is 35.0 Å². The van der Waals surface area contributed by atoms with E-state index in [1.165, 1.54) is 4.88 Å². The Bertz CT molecular complexity index is 172. The summed E-state index contributed by atoms with van der Waals surface area (Å²) in [7, 11) is 0. The van der Waals surface area contributed by atoms with Gasteiger partial charge in [0, 0.05) is 4.88 Å². The molecule has 1 aromatic rings. The van der Waals surface area contributed by atoms with Gasteiger partial charge in [-0.3, -0.25) is 0 Å². The van der Waals surface area contributed by atoms with Gasteiger partial charge in [-0.25, -0.2) is 0 Å². The lowest BCUT2D eigenvalue weighted by molar-refractivity contribution is 0.604. The Balaban J connectivity index is 0.000000810. The van der Waals surface area contributed by atoms with Crippen molar-refractivity contribution in [2.24, 2.45) is 0 Å². The predicted molar refractivity (Wildman–Crippen MR) is 48.0 cm³/mol. The van der Waals surface area contributed by atoms with Gasteiger partial charge in [0.25, 0.3) is 0 Å². The van der Waals surface area contributed by atoms with Crippen LogP contribution in [0.2, 0.25) is 0 Å². The van der Waals surface area contributed by atoms with Gasteiger partial charge in [0.1, 0.15) is 0 Å². The highest BCUT2D eigenvalue weighted by molar-refractivity contribution is 7.10.